The number of hydrogen-bond acceptors (Lipinski definition) is 5. The largest absolute Gasteiger partial charge is 0.456 e. The molecule has 20 heavy (non-hydrogen) atoms. The van der Waals surface area contributed by atoms with Crippen LogP contribution in [-0.2, 0) is 24.3 Å². The van der Waals surface area contributed by atoms with E-state index in [1.807, 2.05) is 0 Å². The molecule has 0 aromatic heterocycles. The number of ether oxygens (including phenoxy) is 1. The fourth-order valence-electron chi connectivity index (χ4n) is 1.18. The molecule has 3 N–H and O–H groups in total. The number of hydrogen-bond donors (Lipinski definition) is 2. The molecule has 7 nitrogen and oxygen atoms in total. The molecule has 0 saturated carbocycles. The van der Waals surface area contributed by atoms with Crippen LogP contribution in [0.2, 0.25) is 10.0 Å². The van der Waals surface area contributed by atoms with Crippen LogP contribution in [0.3, 0.4) is 0 Å². The average Bonchev–Trinajstić information content (AvgIpc) is 2.29. The number of sulfonamides is 1. The van der Waals surface area contributed by atoms with Gasteiger partial charge in [0.05, 0.1) is 20.6 Å². The second-order valence-electron chi connectivity index (χ2n) is 3.64. The van der Waals surface area contributed by atoms with Gasteiger partial charge >= 0.3 is 5.97 Å². The van der Waals surface area contributed by atoms with E-state index in [0.29, 0.717) is 0 Å². The van der Waals surface area contributed by atoms with E-state index >= 15 is 0 Å². The number of carbonyl (C=O) groups excluding carboxylic acids is 2. The van der Waals surface area contributed by atoms with E-state index in [0.717, 1.165) is 19.1 Å². The minimum Gasteiger partial charge on any atom is -0.456 e. The van der Waals surface area contributed by atoms with Crippen LogP contribution < -0.4 is 10.5 Å². The third kappa shape index (κ3) is 4.64. The molecule has 0 radical (unpaired) electrons. The number of nitrogens with one attached hydrogen (secondary N) is 1. The average molecular weight is 341 g/mol. The monoisotopic (exact) mass is 340 g/mol. The molecule has 0 aliphatic heterocycles. The Hall–Kier alpha value is -1.35. The van der Waals surface area contributed by atoms with Crippen LogP contribution >= 0.6 is 23.2 Å². The first-order valence-electron chi connectivity index (χ1n) is 5.06. The highest BCUT2D eigenvalue weighted by Crippen LogP contribution is 2.33. The number of rotatable bonds is 4. The molecule has 10 heteroatoms. The zero-order valence-corrected chi connectivity index (χ0v) is 12.5. The SMILES string of the molecule is CC(=O)OCC(=O)Nc1c(Cl)cc(S(N)(=O)=O)cc1Cl. The molecular weight excluding hydrogens is 331 g/mol. The lowest BCUT2D eigenvalue weighted by Gasteiger charge is -2.10. The number of esters is 1. The van der Waals surface area contributed by atoms with Gasteiger partial charge in [-0.1, -0.05) is 23.2 Å². The maximum Gasteiger partial charge on any atom is 0.303 e. The predicted molar refractivity (Wildman–Crippen MR) is 73.1 cm³/mol. The summed E-state index contributed by atoms with van der Waals surface area (Å²) in [5.74, 6) is -1.30. The first-order chi connectivity index (χ1) is 9.11. The Morgan fingerprint density at radius 2 is 1.80 bits per heavy atom. The Balaban J connectivity index is 2.98. The lowest BCUT2D eigenvalue weighted by Crippen LogP contribution is -2.20. The molecule has 1 aromatic rings. The topological polar surface area (TPSA) is 116 Å². The van der Waals surface area contributed by atoms with Crippen molar-refractivity contribution in [1.29, 1.82) is 0 Å². The van der Waals surface area contributed by atoms with Gasteiger partial charge in [0.15, 0.2) is 6.61 Å². The Morgan fingerprint density at radius 3 is 2.20 bits per heavy atom. The summed E-state index contributed by atoms with van der Waals surface area (Å²) in [4.78, 5) is 21.7. The molecule has 0 spiro atoms. The molecule has 0 saturated heterocycles. The summed E-state index contributed by atoms with van der Waals surface area (Å²) in [6, 6.07) is 2.09. The molecule has 1 amide bonds. The summed E-state index contributed by atoms with van der Waals surface area (Å²) in [6.45, 7) is 0.632. The highest BCUT2D eigenvalue weighted by Gasteiger charge is 2.16. The van der Waals surface area contributed by atoms with Crippen molar-refractivity contribution in [2.24, 2.45) is 5.14 Å². The van der Waals surface area contributed by atoms with E-state index in [-0.39, 0.29) is 20.6 Å². The van der Waals surface area contributed by atoms with Crippen LogP contribution in [0.1, 0.15) is 6.92 Å². The van der Waals surface area contributed by atoms with Gasteiger partial charge in [-0.05, 0) is 12.1 Å². The molecule has 0 aliphatic carbocycles. The summed E-state index contributed by atoms with van der Waals surface area (Å²) in [7, 11) is -3.97. The van der Waals surface area contributed by atoms with Gasteiger partial charge in [0, 0.05) is 6.92 Å². The van der Waals surface area contributed by atoms with Gasteiger partial charge in [-0.15, -0.1) is 0 Å². The Bertz CT molecular complexity index is 637. The van der Waals surface area contributed by atoms with Crippen molar-refractivity contribution in [2.45, 2.75) is 11.8 Å². The lowest BCUT2D eigenvalue weighted by molar-refractivity contribution is -0.144. The van der Waals surface area contributed by atoms with Gasteiger partial charge in [0.1, 0.15) is 0 Å². The second-order valence-corrected chi connectivity index (χ2v) is 6.01. The molecule has 0 heterocycles. The molecule has 0 bridgehead atoms. The molecule has 0 atom stereocenters. The molecule has 1 aromatic carbocycles. The number of amides is 1. The number of nitrogens with two attached hydrogens (primary N) is 1. The lowest BCUT2D eigenvalue weighted by atomic mass is 10.3. The number of halogens is 2. The van der Waals surface area contributed by atoms with E-state index in [4.69, 9.17) is 28.3 Å². The minimum absolute atomic E-state index is 0.00196. The Labute approximate surface area is 125 Å². The quantitative estimate of drug-likeness (QED) is 0.797. The number of anilines is 1. The fourth-order valence-corrected chi connectivity index (χ4v) is 2.45. The Morgan fingerprint density at radius 1 is 1.30 bits per heavy atom. The normalized spacial score (nSPS) is 11.0. The maximum absolute atomic E-state index is 11.5. The van der Waals surface area contributed by atoms with E-state index < -0.39 is 28.5 Å². The van der Waals surface area contributed by atoms with Crippen molar-refractivity contribution in [2.75, 3.05) is 11.9 Å². The van der Waals surface area contributed by atoms with Crippen LogP contribution in [0.15, 0.2) is 17.0 Å². The summed E-state index contributed by atoms with van der Waals surface area (Å²) >= 11 is 11.6. The molecular formula is C10H10Cl2N2O5S. The van der Waals surface area contributed by atoms with Crippen molar-refractivity contribution in [3.63, 3.8) is 0 Å². The zero-order chi connectivity index (χ0) is 15.5. The molecule has 0 unspecified atom stereocenters. The first-order valence-corrected chi connectivity index (χ1v) is 7.36. The fraction of sp³-hybridized carbons (Fsp3) is 0.200. The highest BCUT2D eigenvalue weighted by atomic mass is 35.5. The van der Waals surface area contributed by atoms with Crippen LogP contribution in [-0.4, -0.2) is 26.9 Å². The van der Waals surface area contributed by atoms with E-state index in [1.165, 1.54) is 0 Å². The summed E-state index contributed by atoms with van der Waals surface area (Å²) in [6.07, 6.45) is 0. The molecule has 0 fully saturated rings. The molecule has 1 rings (SSSR count). The highest BCUT2D eigenvalue weighted by molar-refractivity contribution is 7.89. The van der Waals surface area contributed by atoms with E-state index in [9.17, 15) is 18.0 Å². The predicted octanol–water partition coefficient (Wildman–Crippen LogP) is 1.14. The molecule has 110 valence electrons. The van der Waals surface area contributed by atoms with E-state index in [1.54, 1.807) is 0 Å². The summed E-state index contributed by atoms with van der Waals surface area (Å²) < 4.78 is 26.8. The van der Waals surface area contributed by atoms with Crippen molar-refractivity contribution >= 4 is 50.8 Å². The van der Waals surface area contributed by atoms with Gasteiger partial charge in [0.2, 0.25) is 10.0 Å². The van der Waals surface area contributed by atoms with Crippen molar-refractivity contribution in [3.8, 4) is 0 Å². The number of carbonyl (C=O) groups is 2. The van der Waals surface area contributed by atoms with E-state index in [2.05, 4.69) is 10.1 Å². The smallest absolute Gasteiger partial charge is 0.303 e. The van der Waals surface area contributed by atoms with Crippen LogP contribution in [0.5, 0.6) is 0 Å². The number of benzene rings is 1. The van der Waals surface area contributed by atoms with Crippen molar-refractivity contribution in [3.05, 3.63) is 22.2 Å². The maximum atomic E-state index is 11.5. The summed E-state index contributed by atoms with van der Waals surface area (Å²) in [5.41, 5.74) is -0.00196. The van der Waals surface area contributed by atoms with Gasteiger partial charge in [0.25, 0.3) is 5.91 Å². The zero-order valence-electron chi connectivity index (χ0n) is 10.1. The minimum atomic E-state index is -3.97. The second kappa shape index (κ2) is 6.40. The number of primary sulfonamides is 1. The third-order valence-corrected chi connectivity index (χ3v) is 3.50. The van der Waals surface area contributed by atoms with Gasteiger partial charge in [-0.3, -0.25) is 9.59 Å². The van der Waals surface area contributed by atoms with Gasteiger partial charge in [-0.2, -0.15) is 0 Å². The van der Waals surface area contributed by atoms with Gasteiger partial charge in [-0.25, -0.2) is 13.6 Å². The summed E-state index contributed by atoms with van der Waals surface area (Å²) in [5, 5.41) is 7.01. The third-order valence-electron chi connectivity index (χ3n) is 2.02. The molecule has 0 aliphatic rings. The van der Waals surface area contributed by atoms with Crippen molar-refractivity contribution in [1.82, 2.24) is 0 Å². The van der Waals surface area contributed by atoms with Crippen LogP contribution in [0, 0.1) is 0 Å². The van der Waals surface area contributed by atoms with Crippen molar-refractivity contribution < 1.29 is 22.7 Å². The standard InChI is InChI=1S/C10H10Cl2N2O5S/c1-5(15)19-4-9(16)14-10-7(11)2-6(3-8(10)12)20(13,17)18/h2-3H,4H2,1H3,(H,14,16)(H2,13,17,18). The van der Waals surface area contributed by atoms with Crippen LogP contribution in [0.4, 0.5) is 5.69 Å². The first kappa shape index (κ1) is 16.7. The van der Waals surface area contributed by atoms with Gasteiger partial charge < -0.3 is 10.1 Å². The Kier molecular flexibility index (Phi) is 5.35. The van der Waals surface area contributed by atoms with Crippen LogP contribution in [0.25, 0.3) is 0 Å².